The number of unbranched alkanes of at least 4 members (excludes halogenated alkanes) is 12. The SMILES string of the molecule is CCCCCCCCCCCCCCC[C@@H]1Cc2cccc(O)c2C(=O)O1. The van der Waals surface area contributed by atoms with E-state index in [0.717, 1.165) is 24.8 Å². The molecule has 0 radical (unpaired) electrons. The van der Waals surface area contributed by atoms with Crippen LogP contribution in [0.2, 0.25) is 0 Å². The van der Waals surface area contributed by atoms with Gasteiger partial charge in [-0.3, -0.25) is 0 Å². The van der Waals surface area contributed by atoms with E-state index in [1.165, 1.54) is 77.0 Å². The number of hydrogen-bond donors (Lipinski definition) is 1. The Morgan fingerprint density at radius 1 is 0.889 bits per heavy atom. The Kier molecular flexibility index (Phi) is 10.3. The molecule has 0 fully saturated rings. The summed E-state index contributed by atoms with van der Waals surface area (Å²) in [6.45, 7) is 2.27. The van der Waals surface area contributed by atoms with Crippen molar-refractivity contribution in [2.45, 2.75) is 109 Å². The molecule has 0 aliphatic carbocycles. The van der Waals surface area contributed by atoms with Crippen LogP contribution in [0.4, 0.5) is 0 Å². The molecule has 0 spiro atoms. The van der Waals surface area contributed by atoms with Crippen LogP contribution in [0.25, 0.3) is 0 Å². The smallest absolute Gasteiger partial charge is 0.342 e. The fourth-order valence-electron chi connectivity index (χ4n) is 4.04. The Balaban J connectivity index is 1.46. The van der Waals surface area contributed by atoms with Crippen LogP contribution >= 0.6 is 0 Å². The third-order valence-corrected chi connectivity index (χ3v) is 5.68. The Labute approximate surface area is 165 Å². The number of phenols is 1. The van der Waals surface area contributed by atoms with Crippen LogP contribution in [0.1, 0.15) is 113 Å². The van der Waals surface area contributed by atoms with Gasteiger partial charge >= 0.3 is 5.97 Å². The highest BCUT2D eigenvalue weighted by molar-refractivity contribution is 5.95. The molecule has 0 unspecified atom stereocenters. The molecule has 1 N–H and O–H groups in total. The predicted octanol–water partition coefficient (Wildman–Crippen LogP) is 6.96. The lowest BCUT2D eigenvalue weighted by Crippen LogP contribution is -2.27. The molecule has 152 valence electrons. The normalized spacial score (nSPS) is 16.2. The molecule has 0 saturated heterocycles. The van der Waals surface area contributed by atoms with E-state index < -0.39 is 0 Å². The fourth-order valence-corrected chi connectivity index (χ4v) is 4.04. The van der Waals surface area contributed by atoms with Crippen molar-refractivity contribution >= 4 is 5.97 Å². The van der Waals surface area contributed by atoms with Gasteiger partial charge in [0.1, 0.15) is 17.4 Å². The van der Waals surface area contributed by atoms with Crippen LogP contribution in [0.15, 0.2) is 18.2 Å². The van der Waals surface area contributed by atoms with Gasteiger partial charge in [0.25, 0.3) is 0 Å². The van der Waals surface area contributed by atoms with Gasteiger partial charge < -0.3 is 9.84 Å². The molecule has 1 aromatic rings. The summed E-state index contributed by atoms with van der Waals surface area (Å²) in [5.74, 6) is -0.328. The minimum atomic E-state index is -0.367. The van der Waals surface area contributed by atoms with Crippen molar-refractivity contribution in [3.05, 3.63) is 29.3 Å². The van der Waals surface area contributed by atoms with E-state index in [0.29, 0.717) is 5.56 Å². The number of rotatable bonds is 14. The van der Waals surface area contributed by atoms with Crippen molar-refractivity contribution < 1.29 is 14.6 Å². The van der Waals surface area contributed by atoms with E-state index in [1.54, 1.807) is 12.1 Å². The highest BCUT2D eigenvalue weighted by Crippen LogP contribution is 2.29. The number of hydrogen-bond acceptors (Lipinski definition) is 3. The number of carbonyl (C=O) groups is 1. The van der Waals surface area contributed by atoms with E-state index in [-0.39, 0.29) is 17.8 Å². The number of fused-ring (bicyclic) bond motifs is 1. The van der Waals surface area contributed by atoms with Crippen LogP contribution in [0.5, 0.6) is 5.75 Å². The summed E-state index contributed by atoms with van der Waals surface area (Å²) in [6.07, 6.45) is 19.1. The van der Waals surface area contributed by atoms with Gasteiger partial charge in [-0.05, 0) is 24.5 Å². The molecule has 1 atom stereocenters. The van der Waals surface area contributed by atoms with Crippen LogP contribution < -0.4 is 0 Å². The van der Waals surface area contributed by atoms with E-state index in [4.69, 9.17) is 4.74 Å². The van der Waals surface area contributed by atoms with Crippen LogP contribution in [0, 0.1) is 0 Å². The first-order valence-corrected chi connectivity index (χ1v) is 11.2. The molecule has 1 aromatic carbocycles. The largest absolute Gasteiger partial charge is 0.507 e. The summed E-state index contributed by atoms with van der Waals surface area (Å²) in [4.78, 5) is 12.1. The second kappa shape index (κ2) is 12.8. The molecule has 3 nitrogen and oxygen atoms in total. The van der Waals surface area contributed by atoms with Gasteiger partial charge in [-0.2, -0.15) is 0 Å². The zero-order valence-electron chi connectivity index (χ0n) is 17.2. The van der Waals surface area contributed by atoms with E-state index in [9.17, 15) is 9.90 Å². The summed E-state index contributed by atoms with van der Waals surface area (Å²) in [5.41, 5.74) is 1.28. The number of benzene rings is 1. The number of carbonyl (C=O) groups excluding carboxylic acids is 1. The Morgan fingerprint density at radius 3 is 2.04 bits per heavy atom. The standard InChI is InChI=1S/C24H38O3/c1-2-3-4-5-6-7-8-9-10-11-12-13-14-17-21-19-20-16-15-18-22(25)23(20)24(26)27-21/h15-16,18,21,25H,2-14,17,19H2,1H3/t21-/m1/s1. The second-order valence-electron chi connectivity index (χ2n) is 8.07. The Hall–Kier alpha value is -1.51. The van der Waals surface area contributed by atoms with Gasteiger partial charge in [0.15, 0.2) is 0 Å². The van der Waals surface area contributed by atoms with Crippen molar-refractivity contribution in [1.29, 1.82) is 0 Å². The average molecular weight is 375 g/mol. The molecule has 0 saturated carbocycles. The number of aromatic hydroxyl groups is 1. The average Bonchev–Trinajstić information content (AvgIpc) is 2.65. The van der Waals surface area contributed by atoms with Gasteiger partial charge in [-0.15, -0.1) is 0 Å². The first kappa shape index (κ1) is 21.8. The number of phenolic OH excluding ortho intramolecular Hbond substituents is 1. The first-order chi connectivity index (χ1) is 13.2. The van der Waals surface area contributed by atoms with Crippen LogP contribution in [-0.2, 0) is 11.2 Å². The third-order valence-electron chi connectivity index (χ3n) is 5.68. The van der Waals surface area contributed by atoms with Crippen molar-refractivity contribution in [2.24, 2.45) is 0 Å². The fraction of sp³-hybridized carbons (Fsp3) is 0.708. The highest BCUT2D eigenvalue weighted by atomic mass is 16.5. The first-order valence-electron chi connectivity index (χ1n) is 11.2. The van der Waals surface area contributed by atoms with Crippen LogP contribution in [0.3, 0.4) is 0 Å². The summed E-state index contributed by atoms with van der Waals surface area (Å²) in [5, 5.41) is 9.81. The van der Waals surface area contributed by atoms with Crippen molar-refractivity contribution in [3.8, 4) is 5.75 Å². The molecular weight excluding hydrogens is 336 g/mol. The molecule has 0 bridgehead atoms. The minimum Gasteiger partial charge on any atom is -0.507 e. The summed E-state index contributed by atoms with van der Waals surface area (Å²) in [6, 6.07) is 5.27. The lowest BCUT2D eigenvalue weighted by molar-refractivity contribution is 0.0227. The van der Waals surface area contributed by atoms with Gasteiger partial charge in [0, 0.05) is 6.42 Å². The molecular formula is C24H38O3. The lowest BCUT2D eigenvalue weighted by atomic mass is 9.95. The maximum absolute atomic E-state index is 12.1. The zero-order valence-corrected chi connectivity index (χ0v) is 17.2. The Morgan fingerprint density at radius 2 is 1.44 bits per heavy atom. The summed E-state index contributed by atoms with van der Waals surface area (Å²) in [7, 11) is 0. The molecule has 1 aliphatic rings. The van der Waals surface area contributed by atoms with Crippen molar-refractivity contribution in [3.63, 3.8) is 0 Å². The molecule has 27 heavy (non-hydrogen) atoms. The molecule has 2 rings (SSSR count). The third kappa shape index (κ3) is 7.94. The molecule has 1 aliphatic heterocycles. The second-order valence-corrected chi connectivity index (χ2v) is 8.07. The number of ether oxygens (including phenoxy) is 1. The van der Waals surface area contributed by atoms with E-state index in [2.05, 4.69) is 6.92 Å². The summed E-state index contributed by atoms with van der Waals surface area (Å²) < 4.78 is 5.50. The van der Waals surface area contributed by atoms with Gasteiger partial charge in [-0.1, -0.05) is 96.1 Å². The topological polar surface area (TPSA) is 46.5 Å². The van der Waals surface area contributed by atoms with E-state index >= 15 is 0 Å². The van der Waals surface area contributed by atoms with Gasteiger partial charge in [-0.25, -0.2) is 4.79 Å². The van der Waals surface area contributed by atoms with Crippen molar-refractivity contribution in [2.75, 3.05) is 0 Å². The quantitative estimate of drug-likeness (QED) is 0.283. The lowest BCUT2D eigenvalue weighted by Gasteiger charge is -2.25. The van der Waals surface area contributed by atoms with Crippen molar-refractivity contribution in [1.82, 2.24) is 0 Å². The monoisotopic (exact) mass is 374 g/mol. The maximum atomic E-state index is 12.1. The molecule has 0 aromatic heterocycles. The maximum Gasteiger partial charge on any atom is 0.342 e. The number of cyclic esters (lactones) is 1. The van der Waals surface area contributed by atoms with E-state index in [1.807, 2.05) is 6.07 Å². The molecule has 1 heterocycles. The van der Waals surface area contributed by atoms with Gasteiger partial charge in [0.2, 0.25) is 0 Å². The number of esters is 1. The predicted molar refractivity (Wildman–Crippen MR) is 111 cm³/mol. The summed E-state index contributed by atoms with van der Waals surface area (Å²) >= 11 is 0. The Bertz CT molecular complexity index is 553. The van der Waals surface area contributed by atoms with Gasteiger partial charge in [0.05, 0.1) is 0 Å². The molecule has 3 heteroatoms. The van der Waals surface area contributed by atoms with Crippen LogP contribution in [-0.4, -0.2) is 17.2 Å². The zero-order chi connectivity index (χ0) is 19.3. The highest BCUT2D eigenvalue weighted by Gasteiger charge is 2.28. The molecule has 0 amide bonds. The minimum absolute atomic E-state index is 0.0282.